The highest BCUT2D eigenvalue weighted by Crippen LogP contribution is 2.21. The number of amides is 1. The van der Waals surface area contributed by atoms with Gasteiger partial charge < -0.3 is 14.6 Å². The van der Waals surface area contributed by atoms with Crippen molar-refractivity contribution >= 4 is 17.7 Å². The van der Waals surface area contributed by atoms with E-state index in [-0.39, 0.29) is 11.2 Å². The maximum absolute atomic E-state index is 12.1. The number of ether oxygens (including phenoxy) is 1. The Morgan fingerprint density at radius 3 is 2.90 bits per heavy atom. The predicted molar refractivity (Wildman–Crippen MR) is 83.4 cm³/mol. The molecule has 1 aromatic carbocycles. The molecular weight excluding hydrogens is 286 g/mol. The Labute approximate surface area is 128 Å². The third-order valence-electron chi connectivity index (χ3n) is 3.07. The second-order valence-electron chi connectivity index (χ2n) is 4.61. The van der Waals surface area contributed by atoms with Crippen LogP contribution in [0.25, 0.3) is 0 Å². The van der Waals surface area contributed by atoms with Crippen molar-refractivity contribution in [1.82, 2.24) is 14.9 Å². The van der Waals surface area contributed by atoms with Gasteiger partial charge in [0.05, 0.1) is 12.4 Å². The van der Waals surface area contributed by atoms with E-state index < -0.39 is 0 Å². The Balaban J connectivity index is 1.91. The Morgan fingerprint density at radius 2 is 2.24 bits per heavy atom. The molecule has 0 radical (unpaired) electrons. The number of aryl methyl sites for hydroxylation is 1. The lowest BCUT2D eigenvalue weighted by Crippen LogP contribution is -2.30. The second kappa shape index (κ2) is 7.17. The summed E-state index contributed by atoms with van der Waals surface area (Å²) in [4.78, 5) is 16.4. The summed E-state index contributed by atoms with van der Waals surface area (Å²) in [7, 11) is 3.54. The summed E-state index contributed by atoms with van der Waals surface area (Å²) >= 11 is 1.44. The molecule has 0 saturated heterocycles. The van der Waals surface area contributed by atoms with Crippen molar-refractivity contribution in [3.05, 3.63) is 42.2 Å². The number of para-hydroxylation sites is 1. The van der Waals surface area contributed by atoms with E-state index in [9.17, 15) is 4.79 Å². The third-order valence-corrected chi connectivity index (χ3v) is 4.25. The van der Waals surface area contributed by atoms with Crippen molar-refractivity contribution in [2.75, 3.05) is 7.11 Å². The van der Waals surface area contributed by atoms with E-state index in [0.717, 1.165) is 16.5 Å². The van der Waals surface area contributed by atoms with Crippen molar-refractivity contribution in [3.8, 4) is 5.75 Å². The van der Waals surface area contributed by atoms with Gasteiger partial charge in [0.15, 0.2) is 5.16 Å². The van der Waals surface area contributed by atoms with Crippen LogP contribution in [0.2, 0.25) is 0 Å². The van der Waals surface area contributed by atoms with Crippen LogP contribution in [0.1, 0.15) is 12.5 Å². The average molecular weight is 305 g/mol. The first-order valence-electron chi connectivity index (χ1n) is 6.65. The maximum Gasteiger partial charge on any atom is 0.233 e. The fourth-order valence-corrected chi connectivity index (χ4v) is 2.71. The fourth-order valence-electron chi connectivity index (χ4n) is 1.85. The first-order chi connectivity index (χ1) is 10.1. The Kier molecular flexibility index (Phi) is 5.27. The highest BCUT2D eigenvalue weighted by molar-refractivity contribution is 8.00. The van der Waals surface area contributed by atoms with Crippen LogP contribution in [-0.2, 0) is 18.4 Å². The summed E-state index contributed by atoms with van der Waals surface area (Å²) in [6.07, 6.45) is 3.59. The topological polar surface area (TPSA) is 56.1 Å². The van der Waals surface area contributed by atoms with Gasteiger partial charge in [0.2, 0.25) is 5.91 Å². The average Bonchev–Trinajstić information content (AvgIpc) is 2.90. The number of rotatable bonds is 6. The van der Waals surface area contributed by atoms with Gasteiger partial charge in [-0.1, -0.05) is 30.0 Å². The van der Waals surface area contributed by atoms with Crippen molar-refractivity contribution < 1.29 is 9.53 Å². The van der Waals surface area contributed by atoms with E-state index in [0.29, 0.717) is 6.54 Å². The first-order valence-corrected chi connectivity index (χ1v) is 7.53. The lowest BCUT2D eigenvalue weighted by molar-refractivity contribution is -0.120. The van der Waals surface area contributed by atoms with Gasteiger partial charge in [-0.25, -0.2) is 4.98 Å². The van der Waals surface area contributed by atoms with Gasteiger partial charge in [0.25, 0.3) is 0 Å². The molecule has 6 heteroatoms. The summed E-state index contributed by atoms with van der Waals surface area (Å²) < 4.78 is 7.17. The summed E-state index contributed by atoms with van der Waals surface area (Å²) in [6, 6.07) is 7.66. The molecule has 2 rings (SSSR count). The number of hydrogen-bond donors (Lipinski definition) is 1. The number of imidazole rings is 1. The molecule has 0 aliphatic heterocycles. The van der Waals surface area contributed by atoms with Crippen LogP contribution < -0.4 is 10.1 Å². The highest BCUT2D eigenvalue weighted by atomic mass is 32.2. The lowest BCUT2D eigenvalue weighted by Gasteiger charge is -2.13. The molecule has 112 valence electrons. The van der Waals surface area contributed by atoms with E-state index in [2.05, 4.69) is 10.3 Å². The van der Waals surface area contributed by atoms with E-state index >= 15 is 0 Å². The minimum Gasteiger partial charge on any atom is -0.496 e. The number of methoxy groups -OCH3 is 1. The van der Waals surface area contributed by atoms with Gasteiger partial charge in [-0.2, -0.15) is 0 Å². The van der Waals surface area contributed by atoms with Gasteiger partial charge in [0.1, 0.15) is 5.75 Å². The van der Waals surface area contributed by atoms with Crippen LogP contribution in [0, 0.1) is 0 Å². The van der Waals surface area contributed by atoms with Gasteiger partial charge >= 0.3 is 0 Å². The zero-order valence-electron chi connectivity index (χ0n) is 12.4. The zero-order valence-corrected chi connectivity index (χ0v) is 13.2. The summed E-state index contributed by atoms with van der Waals surface area (Å²) in [5.41, 5.74) is 0.961. The maximum atomic E-state index is 12.1. The summed E-state index contributed by atoms with van der Waals surface area (Å²) in [5.74, 6) is 0.760. The molecule has 1 heterocycles. The Bertz CT molecular complexity index is 612. The number of nitrogens with one attached hydrogen (secondary N) is 1. The van der Waals surface area contributed by atoms with Crippen LogP contribution in [0.5, 0.6) is 5.75 Å². The minimum absolute atomic E-state index is 0.0195. The molecule has 0 saturated carbocycles. The van der Waals surface area contributed by atoms with E-state index in [1.54, 1.807) is 13.3 Å². The van der Waals surface area contributed by atoms with Crippen LogP contribution in [0.4, 0.5) is 0 Å². The van der Waals surface area contributed by atoms with E-state index in [4.69, 9.17) is 4.74 Å². The van der Waals surface area contributed by atoms with Crippen molar-refractivity contribution in [2.45, 2.75) is 23.9 Å². The monoisotopic (exact) mass is 305 g/mol. The predicted octanol–water partition coefficient (Wildman–Crippen LogP) is 2.23. The van der Waals surface area contributed by atoms with E-state index in [1.807, 2.05) is 49.0 Å². The smallest absolute Gasteiger partial charge is 0.233 e. The Morgan fingerprint density at radius 1 is 1.48 bits per heavy atom. The SMILES string of the molecule is COc1ccccc1CNC(=O)C(C)Sc1nccn1C. The van der Waals surface area contributed by atoms with Crippen molar-refractivity contribution in [2.24, 2.45) is 7.05 Å². The molecule has 0 fully saturated rings. The van der Waals surface area contributed by atoms with Gasteiger partial charge in [-0.3, -0.25) is 4.79 Å². The molecule has 21 heavy (non-hydrogen) atoms. The van der Waals surface area contributed by atoms with Crippen LogP contribution in [0.15, 0.2) is 41.8 Å². The normalized spacial score (nSPS) is 12.0. The number of aromatic nitrogens is 2. The molecule has 1 N–H and O–H groups in total. The second-order valence-corrected chi connectivity index (χ2v) is 5.92. The lowest BCUT2D eigenvalue weighted by atomic mass is 10.2. The van der Waals surface area contributed by atoms with Crippen LogP contribution in [-0.4, -0.2) is 27.8 Å². The highest BCUT2D eigenvalue weighted by Gasteiger charge is 2.16. The van der Waals surface area contributed by atoms with Gasteiger partial charge in [0, 0.05) is 31.5 Å². The minimum atomic E-state index is -0.208. The zero-order chi connectivity index (χ0) is 15.2. The van der Waals surface area contributed by atoms with Gasteiger partial charge in [-0.05, 0) is 13.0 Å². The molecule has 5 nitrogen and oxygen atoms in total. The van der Waals surface area contributed by atoms with Gasteiger partial charge in [-0.15, -0.1) is 0 Å². The van der Waals surface area contributed by atoms with E-state index in [1.165, 1.54) is 11.8 Å². The number of hydrogen-bond acceptors (Lipinski definition) is 4. The molecule has 1 unspecified atom stereocenters. The first kappa shape index (κ1) is 15.4. The fraction of sp³-hybridized carbons (Fsp3) is 0.333. The molecule has 1 aromatic heterocycles. The van der Waals surface area contributed by atoms with Crippen molar-refractivity contribution in [1.29, 1.82) is 0 Å². The van der Waals surface area contributed by atoms with Crippen molar-refractivity contribution in [3.63, 3.8) is 0 Å². The number of benzene rings is 1. The molecule has 0 spiro atoms. The number of thioether (sulfide) groups is 1. The number of carbonyl (C=O) groups excluding carboxylic acids is 1. The summed E-state index contributed by atoms with van der Waals surface area (Å²) in [5, 5.41) is 3.55. The summed E-state index contributed by atoms with van der Waals surface area (Å²) in [6.45, 7) is 2.32. The van der Waals surface area contributed by atoms with Crippen LogP contribution in [0.3, 0.4) is 0 Å². The standard InChI is InChI=1S/C15H19N3O2S/c1-11(21-15-16-8-9-18(15)2)14(19)17-10-12-6-4-5-7-13(12)20-3/h4-9,11H,10H2,1-3H3,(H,17,19). The quantitative estimate of drug-likeness (QED) is 0.832. The largest absolute Gasteiger partial charge is 0.496 e. The molecule has 1 atom stereocenters. The third kappa shape index (κ3) is 4.01. The molecule has 1 amide bonds. The number of carbonyl (C=O) groups is 1. The molecular formula is C15H19N3O2S. The molecule has 2 aromatic rings. The molecule has 0 bridgehead atoms. The molecule has 0 aliphatic carbocycles. The number of nitrogens with zero attached hydrogens (tertiary/aromatic N) is 2. The molecule has 0 aliphatic rings. The van der Waals surface area contributed by atoms with Crippen LogP contribution >= 0.6 is 11.8 Å². The Hall–Kier alpha value is -1.95.